The highest BCUT2D eigenvalue weighted by Gasteiger charge is 2.40. The lowest BCUT2D eigenvalue weighted by Gasteiger charge is -2.11. The summed E-state index contributed by atoms with van der Waals surface area (Å²) in [5.41, 5.74) is 6.33. The van der Waals surface area contributed by atoms with Crippen molar-refractivity contribution >= 4 is 9.84 Å². The van der Waals surface area contributed by atoms with Gasteiger partial charge in [0.25, 0.3) is 0 Å². The van der Waals surface area contributed by atoms with Crippen molar-refractivity contribution in [3.63, 3.8) is 0 Å². The van der Waals surface area contributed by atoms with Gasteiger partial charge in [0.2, 0.25) is 0 Å². The van der Waals surface area contributed by atoms with E-state index in [1.165, 1.54) is 0 Å². The summed E-state index contributed by atoms with van der Waals surface area (Å²) >= 11 is 0. The molecule has 0 aromatic heterocycles. The monoisotopic (exact) mass is 210 g/mol. The van der Waals surface area contributed by atoms with Crippen LogP contribution < -0.4 is 5.73 Å². The van der Waals surface area contributed by atoms with Gasteiger partial charge in [-0.05, 0) is 30.5 Å². The maximum atomic E-state index is 11.8. The second-order valence-electron chi connectivity index (χ2n) is 3.55. The van der Waals surface area contributed by atoms with Gasteiger partial charge >= 0.3 is 0 Å². The molecule has 1 unspecified atom stereocenters. The summed E-state index contributed by atoms with van der Waals surface area (Å²) in [7, 11) is -3.16. The van der Waals surface area contributed by atoms with Crippen LogP contribution in [0.1, 0.15) is 23.8 Å². The molecule has 0 heterocycles. The minimum atomic E-state index is -3.16. The Labute approximate surface area is 83.9 Å². The Morgan fingerprint density at radius 2 is 2.21 bits per heavy atom. The minimum Gasteiger partial charge on any atom is -0.311 e. The molecule has 0 saturated heterocycles. The van der Waals surface area contributed by atoms with Gasteiger partial charge in [-0.1, -0.05) is 18.2 Å². The Hall–Kier alpha value is -0.870. The number of hydrogen-bond acceptors (Lipinski definition) is 3. The molecule has 1 aliphatic carbocycles. The maximum Gasteiger partial charge on any atom is 0.173 e. The topological polar surface area (TPSA) is 60.2 Å². The fourth-order valence-electron chi connectivity index (χ4n) is 1.38. The molecule has 2 rings (SSSR count). The number of benzene rings is 1. The summed E-state index contributed by atoms with van der Waals surface area (Å²) in [6.45, 7) is 0. The molecule has 4 heteroatoms. The number of rotatable bonds is 3. The van der Waals surface area contributed by atoms with E-state index in [9.17, 15) is 8.42 Å². The van der Waals surface area contributed by atoms with Crippen LogP contribution in [-0.4, -0.2) is 13.7 Å². The first-order chi connectivity index (χ1) is 6.62. The molecule has 0 aliphatic heterocycles. The molecule has 0 spiro atoms. The van der Waals surface area contributed by atoms with E-state index in [4.69, 9.17) is 5.73 Å². The van der Waals surface area contributed by atoms with Crippen molar-refractivity contribution < 1.29 is 8.42 Å². The van der Waals surface area contributed by atoms with Gasteiger partial charge < -0.3 is 5.73 Å². The van der Waals surface area contributed by atoms with E-state index in [0.29, 0.717) is 5.56 Å². The van der Waals surface area contributed by atoms with Crippen LogP contribution in [-0.2, 0) is 9.84 Å². The standard InChI is InChI=1S/C10H12NO2S/c11-10(8-4-2-1-3-5-8)14(12,13)9-6-7-9/h1-2,4-5,9-10H,6-7,11H2. The van der Waals surface area contributed by atoms with Gasteiger partial charge in [-0.2, -0.15) is 0 Å². The van der Waals surface area contributed by atoms with Gasteiger partial charge in [-0.15, -0.1) is 0 Å². The highest BCUT2D eigenvalue weighted by molar-refractivity contribution is 7.92. The van der Waals surface area contributed by atoms with E-state index in [2.05, 4.69) is 6.07 Å². The van der Waals surface area contributed by atoms with Crippen LogP contribution in [0.15, 0.2) is 24.3 Å². The van der Waals surface area contributed by atoms with Crippen LogP contribution >= 0.6 is 0 Å². The molecule has 0 bridgehead atoms. The lowest BCUT2D eigenvalue weighted by Crippen LogP contribution is -2.24. The molecule has 1 radical (unpaired) electrons. The first-order valence-corrected chi connectivity index (χ1v) is 6.17. The smallest absolute Gasteiger partial charge is 0.173 e. The SMILES string of the molecule is NC(c1c[c]ccc1)S(=O)(=O)C1CC1. The van der Waals surface area contributed by atoms with Crippen molar-refractivity contribution in [3.05, 3.63) is 35.9 Å². The number of nitrogens with two attached hydrogens (primary N) is 1. The molecular formula is C10H12NO2S. The summed E-state index contributed by atoms with van der Waals surface area (Å²) in [5.74, 6) is 0. The predicted octanol–water partition coefficient (Wildman–Crippen LogP) is 1.02. The van der Waals surface area contributed by atoms with Crippen molar-refractivity contribution in [2.75, 3.05) is 0 Å². The fourth-order valence-corrected chi connectivity index (χ4v) is 3.11. The van der Waals surface area contributed by atoms with Gasteiger partial charge in [0.1, 0.15) is 5.37 Å². The Kier molecular flexibility index (Phi) is 2.33. The molecule has 2 N–H and O–H groups in total. The van der Waals surface area contributed by atoms with Crippen LogP contribution in [0, 0.1) is 6.07 Å². The average molecular weight is 210 g/mol. The van der Waals surface area contributed by atoms with Crippen LogP contribution in [0.2, 0.25) is 0 Å². The molecule has 1 fully saturated rings. The average Bonchev–Trinajstić information content (AvgIpc) is 3.01. The predicted molar refractivity (Wildman–Crippen MR) is 54.1 cm³/mol. The molecule has 1 aromatic carbocycles. The lowest BCUT2D eigenvalue weighted by atomic mass is 10.2. The quantitative estimate of drug-likeness (QED) is 0.810. The van der Waals surface area contributed by atoms with Crippen LogP contribution in [0.5, 0.6) is 0 Å². The van der Waals surface area contributed by atoms with Gasteiger partial charge in [0.15, 0.2) is 9.84 Å². The third-order valence-corrected chi connectivity index (χ3v) is 4.78. The van der Waals surface area contributed by atoms with Crippen molar-refractivity contribution in [1.29, 1.82) is 0 Å². The van der Waals surface area contributed by atoms with E-state index in [0.717, 1.165) is 12.8 Å². The normalized spacial score (nSPS) is 19.2. The minimum absolute atomic E-state index is 0.210. The molecule has 1 aromatic rings. The second-order valence-corrected chi connectivity index (χ2v) is 5.90. The molecule has 75 valence electrons. The zero-order chi connectivity index (χ0) is 10.2. The van der Waals surface area contributed by atoms with Crippen molar-refractivity contribution in [1.82, 2.24) is 0 Å². The summed E-state index contributed by atoms with van der Waals surface area (Å²) in [5, 5.41) is -1.09. The lowest BCUT2D eigenvalue weighted by molar-refractivity contribution is 0.582. The number of sulfone groups is 1. The van der Waals surface area contributed by atoms with E-state index >= 15 is 0 Å². The highest BCUT2D eigenvalue weighted by atomic mass is 32.2. The Balaban J connectivity index is 2.28. The Bertz CT molecular complexity index is 409. The summed E-state index contributed by atoms with van der Waals surface area (Å²) < 4.78 is 23.5. The zero-order valence-corrected chi connectivity index (χ0v) is 8.50. The van der Waals surface area contributed by atoms with Crippen LogP contribution in [0.4, 0.5) is 0 Å². The first kappa shape index (κ1) is 9.68. The molecule has 1 aliphatic rings. The maximum absolute atomic E-state index is 11.8. The summed E-state index contributed by atoms with van der Waals surface area (Å²) in [4.78, 5) is 0. The van der Waals surface area contributed by atoms with Gasteiger partial charge in [0.05, 0.1) is 5.25 Å². The van der Waals surface area contributed by atoms with Gasteiger partial charge in [-0.3, -0.25) is 0 Å². The third-order valence-electron chi connectivity index (χ3n) is 2.40. The fraction of sp³-hybridized carbons (Fsp3) is 0.400. The molecule has 3 nitrogen and oxygen atoms in total. The van der Waals surface area contributed by atoms with Crippen molar-refractivity contribution in [2.24, 2.45) is 5.73 Å². The van der Waals surface area contributed by atoms with Crippen molar-refractivity contribution in [2.45, 2.75) is 23.5 Å². The van der Waals surface area contributed by atoms with Crippen molar-refractivity contribution in [3.8, 4) is 0 Å². The third kappa shape index (κ3) is 1.67. The van der Waals surface area contributed by atoms with E-state index < -0.39 is 15.2 Å². The van der Waals surface area contributed by atoms with E-state index in [1.807, 2.05) is 0 Å². The van der Waals surface area contributed by atoms with Gasteiger partial charge in [-0.25, -0.2) is 8.42 Å². The first-order valence-electron chi connectivity index (χ1n) is 4.56. The molecule has 14 heavy (non-hydrogen) atoms. The Morgan fingerprint density at radius 3 is 2.71 bits per heavy atom. The second kappa shape index (κ2) is 3.37. The molecular weight excluding hydrogens is 198 g/mol. The summed E-state index contributed by atoms with van der Waals surface area (Å²) in [6.07, 6.45) is 1.51. The van der Waals surface area contributed by atoms with Crippen LogP contribution in [0.25, 0.3) is 0 Å². The number of hydrogen-bond donors (Lipinski definition) is 1. The zero-order valence-electron chi connectivity index (χ0n) is 7.68. The Morgan fingerprint density at radius 1 is 1.50 bits per heavy atom. The summed E-state index contributed by atoms with van der Waals surface area (Å²) in [6, 6.07) is 9.65. The van der Waals surface area contributed by atoms with Crippen LogP contribution in [0.3, 0.4) is 0 Å². The molecule has 1 saturated carbocycles. The van der Waals surface area contributed by atoms with E-state index in [1.54, 1.807) is 24.3 Å². The van der Waals surface area contributed by atoms with E-state index in [-0.39, 0.29) is 5.25 Å². The van der Waals surface area contributed by atoms with Gasteiger partial charge in [0, 0.05) is 0 Å². The molecule has 1 atom stereocenters. The highest BCUT2D eigenvalue weighted by Crippen LogP contribution is 2.34. The largest absolute Gasteiger partial charge is 0.311 e. The molecule has 0 amide bonds.